The maximum Gasteiger partial charge on any atom is 0.288 e. The Morgan fingerprint density at radius 2 is 1.78 bits per heavy atom. The van der Waals surface area contributed by atoms with Crippen molar-refractivity contribution in [1.29, 1.82) is 0 Å². The molecule has 0 bridgehead atoms. The summed E-state index contributed by atoms with van der Waals surface area (Å²) in [5.74, 6) is -0.955. The van der Waals surface area contributed by atoms with Crippen molar-refractivity contribution < 1.29 is 17.8 Å². The highest BCUT2D eigenvalue weighted by atomic mass is 32.2. The number of aryl methyl sites for hydroxylation is 1. The number of fused-ring (bicyclic) bond motifs is 1. The van der Waals surface area contributed by atoms with E-state index in [0.29, 0.717) is 22.4 Å². The normalized spacial score (nSPS) is 11.9. The Labute approximate surface area is 163 Å². The molecule has 4 rings (SSSR count). The monoisotopic (exact) mass is 400 g/mol. The van der Waals surface area contributed by atoms with E-state index < -0.39 is 5.76 Å². The van der Waals surface area contributed by atoms with Crippen LogP contribution in [0.1, 0.15) is 10.8 Å². The first-order chi connectivity index (χ1) is 13.1. The molecule has 2 aromatic heterocycles. The van der Waals surface area contributed by atoms with Crippen molar-refractivity contribution in [3.05, 3.63) is 71.4 Å². The summed E-state index contributed by atoms with van der Waals surface area (Å²) in [7, 11) is 2.05. The molecule has 0 saturated heterocycles. The van der Waals surface area contributed by atoms with Crippen LogP contribution in [0.3, 0.4) is 0 Å². The van der Waals surface area contributed by atoms with Crippen molar-refractivity contribution in [3.8, 4) is 11.3 Å². The second kappa shape index (κ2) is 7.66. The number of halogens is 2. The molecule has 0 aliphatic heterocycles. The molecule has 0 spiro atoms. The molecule has 0 N–H and O–H groups in total. The van der Waals surface area contributed by atoms with Crippen LogP contribution in [-0.4, -0.2) is 5.76 Å². The number of para-hydroxylation sites is 1. The number of furan rings is 1. The standard InChI is InChI=1S/C21H16F2NOS2/c1-24-17-4-2-3-5-19(17)27-20(24)13-9-15-8-12-18(25-15)14-6-10-16(11-7-14)26-21(22)23/h2-13,21H,1H3/q+1. The van der Waals surface area contributed by atoms with Crippen LogP contribution < -0.4 is 4.57 Å². The third kappa shape index (κ3) is 3.96. The van der Waals surface area contributed by atoms with Gasteiger partial charge in [0, 0.05) is 22.6 Å². The Morgan fingerprint density at radius 3 is 2.52 bits per heavy atom. The predicted octanol–water partition coefficient (Wildman–Crippen LogP) is 6.47. The topological polar surface area (TPSA) is 17.0 Å². The van der Waals surface area contributed by atoms with Crippen molar-refractivity contribution in [3.63, 3.8) is 0 Å². The first-order valence-corrected chi connectivity index (χ1v) is 10.0. The number of benzene rings is 2. The van der Waals surface area contributed by atoms with E-state index in [9.17, 15) is 8.78 Å². The lowest BCUT2D eigenvalue weighted by Gasteiger charge is -2.01. The Hall–Kier alpha value is -2.44. The van der Waals surface area contributed by atoms with Gasteiger partial charge in [-0.2, -0.15) is 13.3 Å². The minimum atomic E-state index is -2.41. The summed E-state index contributed by atoms with van der Waals surface area (Å²) in [6, 6.07) is 19.0. The molecule has 0 aliphatic carbocycles. The fraction of sp³-hybridized carbons (Fsp3) is 0.0952. The van der Waals surface area contributed by atoms with Gasteiger partial charge in [-0.1, -0.05) is 47.4 Å². The summed E-state index contributed by atoms with van der Waals surface area (Å²) in [6.07, 6.45) is 3.98. The highest BCUT2D eigenvalue weighted by Gasteiger charge is 2.13. The van der Waals surface area contributed by atoms with Crippen molar-refractivity contribution >= 4 is 45.5 Å². The van der Waals surface area contributed by atoms with Gasteiger partial charge in [-0.3, -0.25) is 0 Å². The number of alkyl halides is 2. The van der Waals surface area contributed by atoms with Gasteiger partial charge < -0.3 is 4.42 Å². The molecule has 2 nitrogen and oxygen atoms in total. The van der Waals surface area contributed by atoms with Crippen molar-refractivity contribution in [1.82, 2.24) is 0 Å². The molecule has 0 saturated carbocycles. The zero-order valence-electron chi connectivity index (χ0n) is 14.4. The average Bonchev–Trinajstić information content (AvgIpc) is 3.25. The number of thiazole rings is 1. The molecule has 0 unspecified atom stereocenters. The van der Waals surface area contributed by atoms with Crippen LogP contribution in [0.15, 0.2) is 70.0 Å². The molecule has 27 heavy (non-hydrogen) atoms. The Bertz CT molecular complexity index is 1100. The third-order valence-electron chi connectivity index (χ3n) is 4.15. The molecule has 0 radical (unpaired) electrons. The first-order valence-electron chi connectivity index (χ1n) is 8.31. The first kappa shape index (κ1) is 17.9. The van der Waals surface area contributed by atoms with Gasteiger partial charge in [0.1, 0.15) is 23.3 Å². The molecule has 0 amide bonds. The van der Waals surface area contributed by atoms with Crippen LogP contribution in [0.25, 0.3) is 33.7 Å². The van der Waals surface area contributed by atoms with E-state index in [2.05, 4.69) is 16.7 Å². The number of rotatable bonds is 5. The number of nitrogens with zero attached hydrogens (tertiary/aromatic N) is 1. The van der Waals surface area contributed by atoms with E-state index in [0.717, 1.165) is 16.3 Å². The summed E-state index contributed by atoms with van der Waals surface area (Å²) >= 11 is 2.26. The highest BCUT2D eigenvalue weighted by Crippen LogP contribution is 2.29. The quantitative estimate of drug-likeness (QED) is 0.282. The Balaban J connectivity index is 1.53. The van der Waals surface area contributed by atoms with Crippen LogP contribution in [-0.2, 0) is 7.05 Å². The Kier molecular flexibility index (Phi) is 5.09. The largest absolute Gasteiger partial charge is 0.457 e. The molecule has 0 atom stereocenters. The molecular weight excluding hydrogens is 384 g/mol. The van der Waals surface area contributed by atoms with Crippen molar-refractivity contribution in [2.45, 2.75) is 10.7 Å². The maximum atomic E-state index is 12.4. The molecular formula is C21H16F2NOS2+. The molecule has 6 heteroatoms. The van der Waals surface area contributed by atoms with Gasteiger partial charge in [0.05, 0.1) is 0 Å². The van der Waals surface area contributed by atoms with Gasteiger partial charge in [0.25, 0.3) is 10.8 Å². The van der Waals surface area contributed by atoms with Crippen LogP contribution in [0.2, 0.25) is 0 Å². The Morgan fingerprint density at radius 1 is 1.00 bits per heavy atom. The number of hydrogen-bond donors (Lipinski definition) is 0. The van der Waals surface area contributed by atoms with Crippen LogP contribution in [0, 0.1) is 0 Å². The van der Waals surface area contributed by atoms with E-state index in [4.69, 9.17) is 4.42 Å². The van der Waals surface area contributed by atoms with Crippen molar-refractivity contribution in [2.75, 3.05) is 0 Å². The van der Waals surface area contributed by atoms with Crippen molar-refractivity contribution in [2.24, 2.45) is 7.05 Å². The molecule has 4 aromatic rings. The number of thioether (sulfide) groups is 1. The molecule has 136 valence electrons. The van der Waals surface area contributed by atoms with Crippen LogP contribution >= 0.6 is 23.1 Å². The fourth-order valence-corrected chi connectivity index (χ4v) is 4.37. The molecule has 2 aromatic carbocycles. The lowest BCUT2D eigenvalue weighted by Crippen LogP contribution is -2.28. The molecule has 0 aliphatic rings. The van der Waals surface area contributed by atoms with Crippen LogP contribution in [0.5, 0.6) is 0 Å². The van der Waals surface area contributed by atoms with Gasteiger partial charge in [-0.15, -0.1) is 0 Å². The zero-order chi connectivity index (χ0) is 18.8. The molecule has 0 fully saturated rings. The summed E-state index contributed by atoms with van der Waals surface area (Å²) in [6.45, 7) is 0. The van der Waals surface area contributed by atoms with Gasteiger partial charge in [-0.25, -0.2) is 0 Å². The summed E-state index contributed by atoms with van der Waals surface area (Å²) in [5.41, 5.74) is 2.06. The lowest BCUT2D eigenvalue weighted by molar-refractivity contribution is -0.642. The van der Waals surface area contributed by atoms with Crippen LogP contribution in [0.4, 0.5) is 8.78 Å². The minimum absolute atomic E-state index is 0.540. The van der Waals surface area contributed by atoms with Gasteiger partial charge in [0.15, 0.2) is 0 Å². The maximum absolute atomic E-state index is 12.4. The van der Waals surface area contributed by atoms with E-state index >= 15 is 0 Å². The van der Waals surface area contributed by atoms with E-state index in [-0.39, 0.29) is 0 Å². The van der Waals surface area contributed by atoms with E-state index in [1.807, 2.05) is 43.5 Å². The fourth-order valence-electron chi connectivity index (χ4n) is 2.82. The smallest absolute Gasteiger partial charge is 0.288 e. The number of hydrogen-bond acceptors (Lipinski definition) is 3. The summed E-state index contributed by atoms with van der Waals surface area (Å²) < 4.78 is 34.1. The van der Waals surface area contributed by atoms with E-state index in [1.165, 1.54) is 10.2 Å². The summed E-state index contributed by atoms with van der Waals surface area (Å²) in [4.78, 5) is 0.540. The third-order valence-corrected chi connectivity index (χ3v) is 6.06. The lowest BCUT2D eigenvalue weighted by atomic mass is 10.2. The summed E-state index contributed by atoms with van der Waals surface area (Å²) in [5, 5.41) is 1.13. The van der Waals surface area contributed by atoms with Gasteiger partial charge >= 0.3 is 0 Å². The minimum Gasteiger partial charge on any atom is -0.457 e. The second-order valence-corrected chi connectivity index (χ2v) is 8.03. The molecule has 2 heterocycles. The predicted molar refractivity (Wildman–Crippen MR) is 108 cm³/mol. The number of aromatic nitrogens is 1. The average molecular weight is 400 g/mol. The second-order valence-electron chi connectivity index (χ2n) is 5.91. The highest BCUT2D eigenvalue weighted by molar-refractivity contribution is 7.99. The van der Waals surface area contributed by atoms with Gasteiger partial charge in [-0.05, 0) is 36.4 Å². The SMILES string of the molecule is C[n+]1c(C=Cc2ccc(-c3ccc(SC(F)F)cc3)o2)sc2ccccc21. The van der Waals surface area contributed by atoms with Gasteiger partial charge in [0.2, 0.25) is 5.52 Å². The zero-order valence-corrected chi connectivity index (χ0v) is 16.1. The van der Waals surface area contributed by atoms with E-state index in [1.54, 1.807) is 35.6 Å².